The smallest absolute Gasteiger partial charge is 0.254 e. The fraction of sp³-hybridized carbons (Fsp3) is 0.417. The largest absolute Gasteiger partial charge is 0.485 e. The summed E-state index contributed by atoms with van der Waals surface area (Å²) in [7, 11) is 0. The Morgan fingerprint density at radius 1 is 1.36 bits per heavy atom. The topological polar surface area (TPSA) is 13.6 Å². The van der Waals surface area contributed by atoms with Crippen molar-refractivity contribution >= 4 is 0 Å². The molecule has 14 heavy (non-hydrogen) atoms. The van der Waals surface area contributed by atoms with Crippen LogP contribution in [-0.2, 0) is 0 Å². The summed E-state index contributed by atoms with van der Waals surface area (Å²) >= 11 is 0. The molecule has 0 amide bonds. The van der Waals surface area contributed by atoms with Crippen molar-refractivity contribution in [1.29, 1.82) is 0 Å². The molecular weight excluding hydrogens is 174 g/mol. The van der Waals surface area contributed by atoms with Crippen LogP contribution in [0.4, 0.5) is 0 Å². The van der Waals surface area contributed by atoms with E-state index in [9.17, 15) is 0 Å². The summed E-state index contributed by atoms with van der Waals surface area (Å²) < 4.78 is 5.61. The van der Waals surface area contributed by atoms with Gasteiger partial charge in [0.1, 0.15) is 5.75 Å². The molecular formula is C12H15NO. The van der Waals surface area contributed by atoms with E-state index in [1.165, 1.54) is 0 Å². The van der Waals surface area contributed by atoms with Crippen molar-refractivity contribution in [2.45, 2.75) is 26.8 Å². The van der Waals surface area contributed by atoms with E-state index in [0.717, 1.165) is 16.9 Å². The van der Waals surface area contributed by atoms with Crippen LogP contribution in [0.2, 0.25) is 0 Å². The van der Waals surface area contributed by atoms with Crippen molar-refractivity contribution in [2.75, 3.05) is 6.61 Å². The lowest BCUT2D eigenvalue weighted by atomic mass is 10.1. The van der Waals surface area contributed by atoms with E-state index < -0.39 is 0 Å². The van der Waals surface area contributed by atoms with Crippen molar-refractivity contribution in [3.63, 3.8) is 0 Å². The van der Waals surface area contributed by atoms with Crippen molar-refractivity contribution in [3.05, 3.63) is 40.7 Å². The first-order valence-corrected chi connectivity index (χ1v) is 4.70. The Bertz CT molecular complexity index is 332. The first-order valence-electron chi connectivity index (χ1n) is 4.70. The number of ether oxygens (including phenoxy) is 1. The van der Waals surface area contributed by atoms with Gasteiger partial charge in [-0.05, 0) is 25.0 Å². The zero-order chi connectivity index (χ0) is 10.6. The minimum absolute atomic E-state index is 0.0750. The number of para-hydroxylation sites is 1. The lowest BCUT2D eigenvalue weighted by molar-refractivity contribution is 0.306. The first-order chi connectivity index (χ1) is 6.65. The van der Waals surface area contributed by atoms with Gasteiger partial charge in [-0.2, -0.15) is 0 Å². The molecule has 0 spiro atoms. The summed E-state index contributed by atoms with van der Waals surface area (Å²) in [5, 5.41) is 0. The van der Waals surface area contributed by atoms with Crippen LogP contribution in [0.15, 0.2) is 18.2 Å². The van der Waals surface area contributed by atoms with Gasteiger partial charge in [0.05, 0.1) is 0 Å². The van der Waals surface area contributed by atoms with Gasteiger partial charge in [0.2, 0.25) is 0 Å². The van der Waals surface area contributed by atoms with E-state index >= 15 is 0 Å². The molecule has 0 aromatic heterocycles. The third kappa shape index (κ3) is 2.50. The third-order valence-electron chi connectivity index (χ3n) is 2.10. The number of hydrogen-bond acceptors (Lipinski definition) is 1. The van der Waals surface area contributed by atoms with E-state index in [2.05, 4.69) is 4.85 Å². The molecule has 0 aliphatic rings. The van der Waals surface area contributed by atoms with Crippen molar-refractivity contribution < 1.29 is 4.74 Å². The standard InChI is InChI=1S/C12H15NO/c1-9-6-5-7-10(2)12(9)14-8-11(3)13-4/h5-7,11H,8H2,1-3H3. The second-order valence-electron chi connectivity index (χ2n) is 3.51. The van der Waals surface area contributed by atoms with Gasteiger partial charge in [-0.25, -0.2) is 6.57 Å². The van der Waals surface area contributed by atoms with E-state index in [1.807, 2.05) is 39.0 Å². The zero-order valence-corrected chi connectivity index (χ0v) is 8.87. The van der Waals surface area contributed by atoms with Gasteiger partial charge in [-0.1, -0.05) is 18.2 Å². The minimum Gasteiger partial charge on any atom is -0.485 e. The Kier molecular flexibility index (Phi) is 3.53. The van der Waals surface area contributed by atoms with Gasteiger partial charge < -0.3 is 9.58 Å². The van der Waals surface area contributed by atoms with E-state index in [1.54, 1.807) is 0 Å². The highest BCUT2D eigenvalue weighted by molar-refractivity contribution is 5.39. The molecule has 0 radical (unpaired) electrons. The van der Waals surface area contributed by atoms with Crippen LogP contribution in [0, 0.1) is 20.4 Å². The monoisotopic (exact) mass is 189 g/mol. The Balaban J connectivity index is 2.72. The van der Waals surface area contributed by atoms with Gasteiger partial charge in [-0.3, -0.25) is 0 Å². The average molecular weight is 189 g/mol. The van der Waals surface area contributed by atoms with Gasteiger partial charge in [0.25, 0.3) is 6.04 Å². The molecule has 0 aliphatic heterocycles. The second-order valence-corrected chi connectivity index (χ2v) is 3.51. The highest BCUT2D eigenvalue weighted by atomic mass is 16.5. The molecule has 0 heterocycles. The lowest BCUT2D eigenvalue weighted by Crippen LogP contribution is -2.11. The van der Waals surface area contributed by atoms with Crippen molar-refractivity contribution in [3.8, 4) is 5.75 Å². The van der Waals surface area contributed by atoms with Crippen LogP contribution in [0.5, 0.6) is 5.75 Å². The molecule has 0 fully saturated rings. The summed E-state index contributed by atoms with van der Waals surface area (Å²) in [4.78, 5) is 3.39. The Hall–Kier alpha value is -1.49. The molecule has 0 bridgehead atoms. The number of benzene rings is 1. The number of hydrogen-bond donors (Lipinski definition) is 0. The predicted molar refractivity (Wildman–Crippen MR) is 57.5 cm³/mol. The summed E-state index contributed by atoms with van der Waals surface area (Å²) in [6, 6.07) is 5.97. The van der Waals surface area contributed by atoms with Crippen LogP contribution in [0.3, 0.4) is 0 Å². The summed E-state index contributed by atoms with van der Waals surface area (Å²) in [6.07, 6.45) is 0. The average Bonchev–Trinajstić information content (AvgIpc) is 2.16. The summed E-state index contributed by atoms with van der Waals surface area (Å²) in [5.74, 6) is 0.919. The molecule has 74 valence electrons. The number of rotatable bonds is 3. The maximum absolute atomic E-state index is 6.83. The molecule has 1 aromatic carbocycles. The fourth-order valence-electron chi connectivity index (χ4n) is 1.27. The van der Waals surface area contributed by atoms with Crippen LogP contribution >= 0.6 is 0 Å². The summed E-state index contributed by atoms with van der Waals surface area (Å²) in [5.41, 5.74) is 2.25. The highest BCUT2D eigenvalue weighted by Crippen LogP contribution is 2.22. The number of nitrogens with zero attached hydrogens (tertiary/aromatic N) is 1. The SMILES string of the molecule is [C-]#[N+]C(C)COc1c(C)cccc1C. The zero-order valence-electron chi connectivity index (χ0n) is 8.87. The minimum atomic E-state index is -0.0750. The molecule has 0 saturated heterocycles. The Morgan fingerprint density at radius 2 is 1.93 bits per heavy atom. The predicted octanol–water partition coefficient (Wildman–Crippen LogP) is 2.99. The molecule has 1 aromatic rings. The van der Waals surface area contributed by atoms with Crippen molar-refractivity contribution in [2.24, 2.45) is 0 Å². The van der Waals surface area contributed by atoms with Gasteiger partial charge in [0, 0.05) is 6.92 Å². The molecule has 1 unspecified atom stereocenters. The van der Waals surface area contributed by atoms with E-state index in [0.29, 0.717) is 6.61 Å². The molecule has 1 rings (SSSR count). The van der Waals surface area contributed by atoms with Crippen LogP contribution in [0.1, 0.15) is 18.1 Å². The van der Waals surface area contributed by atoms with Gasteiger partial charge >= 0.3 is 0 Å². The van der Waals surface area contributed by atoms with Gasteiger partial charge in [0.15, 0.2) is 6.61 Å². The van der Waals surface area contributed by atoms with Crippen molar-refractivity contribution in [1.82, 2.24) is 0 Å². The molecule has 0 N–H and O–H groups in total. The van der Waals surface area contributed by atoms with E-state index in [-0.39, 0.29) is 6.04 Å². The Morgan fingerprint density at radius 3 is 2.43 bits per heavy atom. The van der Waals surface area contributed by atoms with E-state index in [4.69, 9.17) is 11.3 Å². The third-order valence-corrected chi connectivity index (χ3v) is 2.10. The van der Waals surface area contributed by atoms with Crippen LogP contribution < -0.4 is 4.74 Å². The first kappa shape index (κ1) is 10.6. The lowest BCUT2D eigenvalue weighted by Gasteiger charge is -2.10. The second kappa shape index (κ2) is 4.66. The molecule has 1 atom stereocenters. The molecule has 0 aliphatic carbocycles. The summed E-state index contributed by atoms with van der Waals surface area (Å²) in [6.45, 7) is 13.2. The Labute approximate surface area is 85.3 Å². The number of aryl methyl sites for hydroxylation is 2. The molecule has 2 nitrogen and oxygen atoms in total. The highest BCUT2D eigenvalue weighted by Gasteiger charge is 2.08. The molecule has 2 heteroatoms. The fourth-order valence-corrected chi connectivity index (χ4v) is 1.27. The maximum Gasteiger partial charge on any atom is 0.254 e. The van der Waals surface area contributed by atoms with Crippen LogP contribution in [-0.4, -0.2) is 12.6 Å². The van der Waals surface area contributed by atoms with Crippen LogP contribution in [0.25, 0.3) is 4.85 Å². The normalized spacial score (nSPS) is 11.9. The van der Waals surface area contributed by atoms with Gasteiger partial charge in [-0.15, -0.1) is 0 Å². The quantitative estimate of drug-likeness (QED) is 0.666. The maximum atomic E-state index is 6.83. The molecule has 0 saturated carbocycles.